The number of hydrogen-bond donors (Lipinski definition) is 2. The number of carbonyl (C=O) groups excluding carboxylic acids is 1. The zero-order valence-corrected chi connectivity index (χ0v) is 17.2. The number of carbonyl (C=O) groups is 1. The Labute approximate surface area is 169 Å². The lowest BCUT2D eigenvalue weighted by atomic mass is 9.48. The molecule has 29 heavy (non-hydrogen) atoms. The van der Waals surface area contributed by atoms with Gasteiger partial charge in [-0.2, -0.15) is 0 Å². The summed E-state index contributed by atoms with van der Waals surface area (Å²) in [5.41, 5.74) is 0.713. The molecule has 0 spiro atoms. The van der Waals surface area contributed by atoms with Crippen molar-refractivity contribution < 1.29 is 4.79 Å². The highest BCUT2D eigenvalue weighted by Crippen LogP contribution is 2.61. The van der Waals surface area contributed by atoms with E-state index in [0.29, 0.717) is 23.1 Å². The van der Waals surface area contributed by atoms with E-state index in [1.165, 1.54) is 43.1 Å². The molecule has 1 atom stereocenters. The molecule has 6 nitrogen and oxygen atoms in total. The van der Waals surface area contributed by atoms with Crippen molar-refractivity contribution in [2.24, 2.45) is 23.2 Å². The summed E-state index contributed by atoms with van der Waals surface area (Å²) in [6.07, 6.45) is 7.89. The first kappa shape index (κ1) is 18.6. The number of aromatic nitrogens is 2. The van der Waals surface area contributed by atoms with Crippen molar-refractivity contribution in [3.63, 3.8) is 0 Å². The fourth-order valence-corrected chi connectivity index (χ4v) is 6.88. The molecule has 4 fully saturated rings. The van der Waals surface area contributed by atoms with Crippen LogP contribution in [0.2, 0.25) is 0 Å². The molecule has 6 heteroatoms. The first-order valence-electron chi connectivity index (χ1n) is 11.0. The standard InChI is InChI=1S/C23H29N3O3/c1-3-26-19-5-4-17(9-18(19)25-21(28)22(26)29)20(27)24-13(2)23-10-14-6-15(11-23)8-16(7-14)12-23/h4-5,9,13-16H,3,6-8,10-12H2,1-2H3,(H,24,27)(H,25,28)/t13-,14?,15?,16?,23?/m0/s1. The van der Waals surface area contributed by atoms with E-state index in [0.717, 1.165) is 17.8 Å². The maximum Gasteiger partial charge on any atom is 0.316 e. The predicted octanol–water partition coefficient (Wildman–Crippen LogP) is 3.04. The molecule has 0 aliphatic heterocycles. The van der Waals surface area contributed by atoms with Gasteiger partial charge in [0, 0.05) is 18.2 Å². The van der Waals surface area contributed by atoms with Gasteiger partial charge in [0.2, 0.25) is 0 Å². The van der Waals surface area contributed by atoms with Gasteiger partial charge in [0.05, 0.1) is 11.0 Å². The summed E-state index contributed by atoms with van der Waals surface area (Å²) in [7, 11) is 0. The number of nitrogens with zero attached hydrogens (tertiary/aromatic N) is 1. The van der Waals surface area contributed by atoms with Gasteiger partial charge in [0.1, 0.15) is 0 Å². The highest BCUT2D eigenvalue weighted by molar-refractivity contribution is 5.97. The van der Waals surface area contributed by atoms with Crippen LogP contribution in [-0.4, -0.2) is 21.5 Å². The molecule has 1 aromatic carbocycles. The molecule has 0 unspecified atom stereocenters. The largest absolute Gasteiger partial charge is 0.349 e. The second kappa shape index (κ2) is 6.57. The van der Waals surface area contributed by atoms with Gasteiger partial charge in [0.25, 0.3) is 5.91 Å². The quantitative estimate of drug-likeness (QED) is 0.781. The number of hydrogen-bond acceptors (Lipinski definition) is 3. The first-order chi connectivity index (χ1) is 13.9. The van der Waals surface area contributed by atoms with E-state index in [9.17, 15) is 14.4 Å². The molecule has 0 saturated heterocycles. The summed E-state index contributed by atoms with van der Waals surface area (Å²) < 4.78 is 1.44. The Morgan fingerprint density at radius 1 is 1.17 bits per heavy atom. The number of benzene rings is 1. The average molecular weight is 396 g/mol. The maximum atomic E-state index is 13.0. The normalized spacial score (nSPS) is 31.2. The number of fused-ring (bicyclic) bond motifs is 1. The smallest absolute Gasteiger partial charge is 0.316 e. The molecule has 6 rings (SSSR count). The van der Waals surface area contributed by atoms with Crippen molar-refractivity contribution >= 4 is 16.9 Å². The zero-order valence-electron chi connectivity index (χ0n) is 17.2. The number of rotatable bonds is 4. The Hall–Kier alpha value is -2.37. The predicted molar refractivity (Wildman–Crippen MR) is 112 cm³/mol. The molecule has 154 valence electrons. The van der Waals surface area contributed by atoms with E-state index in [-0.39, 0.29) is 17.4 Å². The third kappa shape index (κ3) is 2.95. The number of nitrogens with one attached hydrogen (secondary N) is 2. The van der Waals surface area contributed by atoms with Crippen molar-refractivity contribution in [2.75, 3.05) is 0 Å². The summed E-state index contributed by atoms with van der Waals surface area (Å²) in [6, 6.07) is 5.32. The maximum absolute atomic E-state index is 13.0. The lowest BCUT2D eigenvalue weighted by Crippen LogP contribution is -2.55. The van der Waals surface area contributed by atoms with Gasteiger partial charge in [-0.15, -0.1) is 0 Å². The van der Waals surface area contributed by atoms with E-state index in [1.807, 2.05) is 6.92 Å². The van der Waals surface area contributed by atoms with Crippen LogP contribution in [0.3, 0.4) is 0 Å². The van der Waals surface area contributed by atoms with Crippen molar-refractivity contribution in [1.82, 2.24) is 14.9 Å². The van der Waals surface area contributed by atoms with Gasteiger partial charge in [0.15, 0.2) is 0 Å². The minimum Gasteiger partial charge on any atom is -0.349 e. The zero-order chi connectivity index (χ0) is 20.3. The van der Waals surface area contributed by atoms with E-state index in [1.54, 1.807) is 18.2 Å². The van der Waals surface area contributed by atoms with Crippen molar-refractivity contribution in [3.8, 4) is 0 Å². The number of aromatic amines is 1. The van der Waals surface area contributed by atoms with Crippen molar-refractivity contribution in [2.45, 2.75) is 65.0 Å². The fourth-order valence-electron chi connectivity index (χ4n) is 6.88. The van der Waals surface area contributed by atoms with Crippen LogP contribution in [0.1, 0.15) is 62.7 Å². The van der Waals surface area contributed by atoms with Crippen LogP contribution in [0.4, 0.5) is 0 Å². The number of aryl methyl sites for hydroxylation is 1. The van der Waals surface area contributed by atoms with Crippen LogP contribution >= 0.6 is 0 Å². The van der Waals surface area contributed by atoms with Gasteiger partial charge in [-0.25, -0.2) is 0 Å². The lowest BCUT2D eigenvalue weighted by Gasteiger charge is -2.59. The summed E-state index contributed by atoms with van der Waals surface area (Å²) in [5.74, 6) is 2.43. The molecular formula is C23H29N3O3. The van der Waals surface area contributed by atoms with E-state index >= 15 is 0 Å². The monoisotopic (exact) mass is 395 g/mol. The average Bonchev–Trinajstić information content (AvgIpc) is 2.67. The highest BCUT2D eigenvalue weighted by atomic mass is 16.2. The van der Waals surface area contributed by atoms with E-state index < -0.39 is 11.1 Å². The minimum absolute atomic E-state index is 0.106. The lowest BCUT2D eigenvalue weighted by molar-refractivity contribution is -0.0688. The Kier molecular flexibility index (Phi) is 4.23. The molecule has 1 heterocycles. The SMILES string of the molecule is CCn1c(=O)c(=O)[nH]c2cc(C(=O)N[C@@H](C)C34CC5CC(CC(C5)C3)C4)ccc21. The van der Waals surface area contributed by atoms with Crippen LogP contribution in [0.5, 0.6) is 0 Å². The summed E-state index contributed by atoms with van der Waals surface area (Å²) >= 11 is 0. The Morgan fingerprint density at radius 3 is 2.38 bits per heavy atom. The molecule has 1 aromatic heterocycles. The molecule has 2 aromatic rings. The Bertz CT molecular complexity index is 1060. The summed E-state index contributed by atoms with van der Waals surface area (Å²) in [5, 5.41) is 3.27. The molecule has 4 saturated carbocycles. The van der Waals surface area contributed by atoms with Crippen LogP contribution in [-0.2, 0) is 6.54 Å². The van der Waals surface area contributed by atoms with Crippen molar-refractivity contribution in [1.29, 1.82) is 0 Å². The van der Waals surface area contributed by atoms with Gasteiger partial charge >= 0.3 is 11.1 Å². The molecule has 1 amide bonds. The van der Waals surface area contributed by atoms with E-state index in [4.69, 9.17) is 0 Å². The molecular weight excluding hydrogens is 366 g/mol. The van der Waals surface area contributed by atoms with Crippen LogP contribution < -0.4 is 16.4 Å². The molecule has 2 N–H and O–H groups in total. The highest BCUT2D eigenvalue weighted by Gasteiger charge is 2.53. The molecule has 0 radical (unpaired) electrons. The molecule has 4 bridgehead atoms. The molecule has 4 aliphatic carbocycles. The third-order valence-corrected chi connectivity index (χ3v) is 7.91. The van der Waals surface area contributed by atoms with Gasteiger partial charge in [-0.05, 0) is 93.7 Å². The molecule has 4 aliphatic rings. The second-order valence-electron chi connectivity index (χ2n) is 9.71. The Morgan fingerprint density at radius 2 is 1.79 bits per heavy atom. The minimum atomic E-state index is -0.654. The fraction of sp³-hybridized carbons (Fsp3) is 0.609. The van der Waals surface area contributed by atoms with Gasteiger partial charge in [-0.3, -0.25) is 14.4 Å². The number of H-pyrrole nitrogens is 1. The van der Waals surface area contributed by atoms with Crippen LogP contribution in [0.25, 0.3) is 11.0 Å². The third-order valence-electron chi connectivity index (χ3n) is 7.91. The second-order valence-corrected chi connectivity index (χ2v) is 9.71. The number of amides is 1. The van der Waals surface area contributed by atoms with Crippen molar-refractivity contribution in [3.05, 3.63) is 44.5 Å². The van der Waals surface area contributed by atoms with Crippen LogP contribution in [0.15, 0.2) is 27.8 Å². The van der Waals surface area contributed by atoms with Gasteiger partial charge in [-0.1, -0.05) is 0 Å². The summed E-state index contributed by atoms with van der Waals surface area (Å²) in [4.78, 5) is 39.6. The Balaban J connectivity index is 1.41. The topological polar surface area (TPSA) is 84.0 Å². The van der Waals surface area contributed by atoms with E-state index in [2.05, 4.69) is 17.2 Å². The first-order valence-corrected chi connectivity index (χ1v) is 11.0. The van der Waals surface area contributed by atoms with Crippen LogP contribution in [0, 0.1) is 23.2 Å². The van der Waals surface area contributed by atoms with Gasteiger partial charge < -0.3 is 14.9 Å². The summed E-state index contributed by atoms with van der Waals surface area (Å²) in [6.45, 7) is 4.41.